The van der Waals surface area contributed by atoms with Gasteiger partial charge in [-0.05, 0) is 81.3 Å². The zero-order chi connectivity index (χ0) is 22.1. The maximum absolute atomic E-state index is 12.9. The summed E-state index contributed by atoms with van der Waals surface area (Å²) in [6.45, 7) is 3.83. The van der Waals surface area contributed by atoms with Crippen LogP contribution in [0.4, 0.5) is 20.2 Å². The van der Waals surface area contributed by atoms with Gasteiger partial charge in [-0.25, -0.2) is 8.78 Å². The molecule has 0 aliphatic heterocycles. The van der Waals surface area contributed by atoms with Crippen LogP contribution in [0.2, 0.25) is 0 Å². The van der Waals surface area contributed by atoms with E-state index in [4.69, 9.17) is 22.5 Å². The highest BCUT2D eigenvalue weighted by Gasteiger charge is 2.03. The lowest BCUT2D eigenvalue weighted by Crippen LogP contribution is -1.95. The summed E-state index contributed by atoms with van der Waals surface area (Å²) in [5.74, 6) is 8.31. The number of nitrogens with two attached hydrogens (primary N) is 4. The molecule has 0 aliphatic rings. The Morgan fingerprint density at radius 1 is 1.00 bits per heavy atom. The Balaban J connectivity index is 0. The summed E-state index contributed by atoms with van der Waals surface area (Å²) in [5.41, 5.74) is 25.5. The number of benzene rings is 2. The monoisotopic (exact) mass is 507 g/mol. The van der Waals surface area contributed by atoms with Crippen molar-refractivity contribution in [3.8, 4) is 0 Å². The Bertz CT molecular complexity index is 775. The number of hydrogen-bond acceptors (Lipinski definition) is 5. The van der Waals surface area contributed by atoms with Crippen LogP contribution >= 0.6 is 22.6 Å². The van der Waals surface area contributed by atoms with E-state index in [2.05, 4.69) is 44.7 Å². The molecule has 0 heterocycles. The molecule has 2 aromatic carbocycles. The van der Waals surface area contributed by atoms with Crippen molar-refractivity contribution in [2.45, 2.75) is 26.7 Å². The zero-order valence-electron chi connectivity index (χ0n) is 15.5. The van der Waals surface area contributed by atoms with Gasteiger partial charge in [0.15, 0.2) is 0 Å². The molecule has 154 valence electrons. The first-order valence-corrected chi connectivity index (χ1v) is 8.88. The molecule has 9 N–H and O–H groups in total. The van der Waals surface area contributed by atoms with Crippen LogP contribution in [0.15, 0.2) is 40.8 Å². The lowest BCUT2D eigenvalue weighted by Gasteiger charge is -2.02. The van der Waals surface area contributed by atoms with Gasteiger partial charge in [0.1, 0.15) is 11.6 Å². The minimum atomic E-state index is -0.206. The summed E-state index contributed by atoms with van der Waals surface area (Å²) in [5, 5.41) is 5.28. The molecule has 0 saturated carbocycles. The quantitative estimate of drug-likeness (QED) is 0.0755. The molecule has 0 saturated heterocycles. The van der Waals surface area contributed by atoms with E-state index in [0.717, 1.165) is 9.13 Å². The summed E-state index contributed by atoms with van der Waals surface area (Å²) in [7, 11) is 0. The minimum Gasteiger partial charge on any atom is -0.399 e. The average Bonchev–Trinajstić information content (AvgIpc) is 2.66. The van der Waals surface area contributed by atoms with Crippen LogP contribution in [-0.2, 0) is 12.8 Å². The third-order valence-corrected chi connectivity index (χ3v) is 4.01. The van der Waals surface area contributed by atoms with E-state index < -0.39 is 0 Å². The third kappa shape index (κ3) is 11.7. The summed E-state index contributed by atoms with van der Waals surface area (Å²) >= 11 is 2.10. The van der Waals surface area contributed by atoms with Gasteiger partial charge in [-0.3, -0.25) is 0 Å². The van der Waals surface area contributed by atoms with Gasteiger partial charge in [-0.2, -0.15) is 0 Å². The highest BCUT2D eigenvalue weighted by atomic mass is 127. The predicted octanol–water partition coefficient (Wildman–Crippen LogP) is 4.61. The van der Waals surface area contributed by atoms with Gasteiger partial charge in [-0.15, -0.1) is 5.53 Å². The second-order valence-corrected chi connectivity index (χ2v) is 6.02. The topological polar surface area (TPSA) is 189 Å². The number of aryl methyl sites for hydroxylation is 2. The molecule has 28 heavy (non-hydrogen) atoms. The molecule has 0 spiro atoms. The first kappa shape index (κ1) is 27.4. The lowest BCUT2D eigenvalue weighted by molar-refractivity contribution is 0.612. The number of rotatable bonds is 2. The number of nitrogens with zero attached hydrogens (tertiary/aromatic N) is 4. The zero-order valence-corrected chi connectivity index (χ0v) is 17.7. The van der Waals surface area contributed by atoms with Gasteiger partial charge in [0.25, 0.3) is 0 Å². The smallest absolute Gasteiger partial charge is 0.128 e. The number of nitrogen functional groups attached to an aromatic ring is 2. The van der Waals surface area contributed by atoms with Crippen LogP contribution in [-0.4, -0.2) is 0 Å². The van der Waals surface area contributed by atoms with Crippen LogP contribution in [0, 0.1) is 20.7 Å². The fourth-order valence-electron chi connectivity index (χ4n) is 1.72. The number of anilines is 2. The molecule has 0 unspecified atom stereocenters. The largest absolute Gasteiger partial charge is 0.399 e. The van der Waals surface area contributed by atoms with Gasteiger partial charge in [0.05, 0.1) is 0 Å². The van der Waals surface area contributed by atoms with E-state index in [1.807, 2.05) is 13.8 Å². The van der Waals surface area contributed by atoms with Crippen molar-refractivity contribution < 1.29 is 8.78 Å². The highest BCUT2D eigenvalue weighted by Crippen LogP contribution is 2.19. The molecule has 0 aliphatic carbocycles. The van der Waals surface area contributed by atoms with Gasteiger partial charge in [0, 0.05) is 14.9 Å². The standard InChI is InChI=1S/C8H9FIN.C8H10FN.H4N4.HN3/c1-2-5-3-7(10)8(11)4-6(5)9;1-2-6-3-4-7(10)5-8(6)9;1-3-4-2;1-3-2/h3-4H,2,11H2,1H3;3-5H,2,10H2,1H3;(H2,1,4)(H2,2,3);1H. The molecule has 0 atom stereocenters. The van der Waals surface area contributed by atoms with Crippen LogP contribution < -0.4 is 23.2 Å². The third-order valence-electron chi connectivity index (χ3n) is 3.07. The van der Waals surface area contributed by atoms with Crippen molar-refractivity contribution in [2.24, 2.45) is 22.1 Å². The van der Waals surface area contributed by atoms with E-state index in [1.54, 1.807) is 23.1 Å². The normalized spacial score (nSPS) is 9.04. The summed E-state index contributed by atoms with van der Waals surface area (Å²) in [6, 6.07) is 7.93. The van der Waals surface area contributed by atoms with Crippen molar-refractivity contribution in [3.05, 3.63) is 67.1 Å². The van der Waals surface area contributed by atoms with E-state index in [1.165, 1.54) is 12.1 Å². The Labute approximate surface area is 175 Å². The fraction of sp³-hybridized carbons (Fsp3) is 0.250. The number of halogens is 3. The maximum atomic E-state index is 12.9. The molecular formula is C16H24F2IN9. The SMILES string of the molecule is CCc1cc(I)c(N)cc1F.CCc1ccc(N)cc1F.N/N=N/N.[N-]=[N+]=N. The summed E-state index contributed by atoms with van der Waals surface area (Å²) in [4.78, 5) is 1.75. The van der Waals surface area contributed by atoms with Crippen molar-refractivity contribution in [1.29, 1.82) is 5.53 Å². The van der Waals surface area contributed by atoms with Crippen molar-refractivity contribution in [2.75, 3.05) is 11.5 Å². The average molecular weight is 507 g/mol. The first-order valence-electron chi connectivity index (χ1n) is 7.80. The number of hydrogen-bond donors (Lipinski definition) is 5. The first-order chi connectivity index (χ1) is 13.2. The van der Waals surface area contributed by atoms with Gasteiger partial charge in [0.2, 0.25) is 0 Å². The minimum absolute atomic E-state index is 0.203. The van der Waals surface area contributed by atoms with E-state index in [0.29, 0.717) is 29.8 Å². The van der Waals surface area contributed by atoms with Crippen LogP contribution in [0.3, 0.4) is 0 Å². The predicted molar refractivity (Wildman–Crippen MR) is 116 cm³/mol. The summed E-state index contributed by atoms with van der Waals surface area (Å²) < 4.78 is 26.6. The molecule has 0 aromatic heterocycles. The molecule has 0 radical (unpaired) electrons. The Morgan fingerprint density at radius 2 is 1.46 bits per heavy atom. The molecule has 9 nitrogen and oxygen atoms in total. The van der Waals surface area contributed by atoms with Crippen LogP contribution in [0.5, 0.6) is 0 Å². The second-order valence-electron chi connectivity index (χ2n) is 4.85. The van der Waals surface area contributed by atoms with E-state index >= 15 is 0 Å². The van der Waals surface area contributed by atoms with Crippen LogP contribution in [0.25, 0.3) is 10.4 Å². The highest BCUT2D eigenvalue weighted by molar-refractivity contribution is 14.1. The molecule has 0 fully saturated rings. The van der Waals surface area contributed by atoms with Crippen LogP contribution in [0.1, 0.15) is 25.0 Å². The van der Waals surface area contributed by atoms with Crippen molar-refractivity contribution in [3.63, 3.8) is 0 Å². The second kappa shape index (κ2) is 16.3. The molecule has 2 aromatic rings. The summed E-state index contributed by atoms with van der Waals surface area (Å²) in [6.07, 6.45) is 1.42. The fourth-order valence-corrected chi connectivity index (χ4v) is 2.26. The van der Waals surface area contributed by atoms with Crippen molar-refractivity contribution in [1.82, 2.24) is 0 Å². The maximum Gasteiger partial charge on any atom is 0.128 e. The lowest BCUT2D eigenvalue weighted by atomic mass is 10.1. The molecule has 12 heteroatoms. The Kier molecular flexibility index (Phi) is 16.0. The molecule has 0 amide bonds. The Morgan fingerprint density at radius 3 is 1.86 bits per heavy atom. The number of nitrogens with one attached hydrogen (secondary N) is 1. The van der Waals surface area contributed by atoms with E-state index in [9.17, 15) is 8.78 Å². The van der Waals surface area contributed by atoms with Crippen molar-refractivity contribution >= 4 is 34.0 Å². The molecule has 0 bridgehead atoms. The van der Waals surface area contributed by atoms with Gasteiger partial charge in [-0.1, -0.05) is 30.4 Å². The van der Waals surface area contributed by atoms with Gasteiger partial charge >= 0.3 is 0 Å². The Hall–Kier alpha value is -2.86. The molecular weight excluding hydrogens is 483 g/mol. The van der Waals surface area contributed by atoms with Gasteiger partial charge < -0.3 is 23.2 Å². The van der Waals surface area contributed by atoms with E-state index in [-0.39, 0.29) is 11.6 Å². The molecule has 2 rings (SSSR count).